The van der Waals surface area contributed by atoms with E-state index < -0.39 is 0 Å². The van der Waals surface area contributed by atoms with Crippen molar-refractivity contribution in [2.24, 2.45) is 5.92 Å². The number of hydrogen-bond acceptors (Lipinski definition) is 2. The van der Waals surface area contributed by atoms with Gasteiger partial charge < -0.3 is 4.98 Å². The summed E-state index contributed by atoms with van der Waals surface area (Å²) in [6, 6.07) is 20.3. The Hall–Kier alpha value is -2.13. The molecule has 0 unspecified atom stereocenters. The molecule has 0 radical (unpaired) electrons. The predicted octanol–water partition coefficient (Wildman–Crippen LogP) is 5.11. The number of para-hydroxylation sites is 2. The van der Waals surface area contributed by atoms with Crippen LogP contribution in [0.15, 0.2) is 54.6 Å². The Balaban J connectivity index is 1.38. The zero-order valence-corrected chi connectivity index (χ0v) is 15.3. The highest BCUT2D eigenvalue weighted by molar-refractivity contribution is 5.74. The molecule has 3 aromatic rings. The summed E-state index contributed by atoms with van der Waals surface area (Å²) in [6.07, 6.45) is 6.75. The van der Waals surface area contributed by atoms with E-state index >= 15 is 0 Å². The molecule has 0 bridgehead atoms. The monoisotopic (exact) mass is 345 g/mol. The van der Waals surface area contributed by atoms with Crippen LogP contribution in [0.25, 0.3) is 11.0 Å². The van der Waals surface area contributed by atoms with Crippen LogP contribution in [-0.2, 0) is 6.54 Å². The van der Waals surface area contributed by atoms with Crippen molar-refractivity contribution in [3.8, 4) is 0 Å². The first-order chi connectivity index (χ1) is 12.9. The van der Waals surface area contributed by atoms with Crippen LogP contribution >= 0.6 is 0 Å². The van der Waals surface area contributed by atoms with Gasteiger partial charge in [0.2, 0.25) is 0 Å². The highest BCUT2D eigenvalue weighted by Gasteiger charge is 2.39. The molecule has 2 aromatic carbocycles. The number of benzene rings is 2. The van der Waals surface area contributed by atoms with E-state index in [1.807, 2.05) is 0 Å². The molecule has 2 fully saturated rings. The third-order valence-corrected chi connectivity index (χ3v) is 6.51. The van der Waals surface area contributed by atoms with Crippen LogP contribution in [0.2, 0.25) is 0 Å². The quantitative estimate of drug-likeness (QED) is 0.715. The summed E-state index contributed by atoms with van der Waals surface area (Å²) in [5, 5.41) is 0. The van der Waals surface area contributed by atoms with Gasteiger partial charge in [-0.1, -0.05) is 55.3 Å². The molecule has 1 saturated heterocycles. The lowest BCUT2D eigenvalue weighted by Crippen LogP contribution is -2.49. The maximum absolute atomic E-state index is 4.82. The Morgan fingerprint density at radius 1 is 0.923 bits per heavy atom. The van der Waals surface area contributed by atoms with Gasteiger partial charge in [-0.2, -0.15) is 0 Å². The van der Waals surface area contributed by atoms with Gasteiger partial charge >= 0.3 is 0 Å². The average molecular weight is 345 g/mol. The third kappa shape index (κ3) is 2.95. The number of hydrogen-bond donors (Lipinski definition) is 1. The van der Waals surface area contributed by atoms with Crippen molar-refractivity contribution >= 4 is 11.0 Å². The molecule has 2 heterocycles. The number of piperidine rings is 1. The van der Waals surface area contributed by atoms with E-state index in [2.05, 4.69) is 64.5 Å². The topological polar surface area (TPSA) is 31.9 Å². The molecule has 3 atom stereocenters. The van der Waals surface area contributed by atoms with Crippen LogP contribution in [0.4, 0.5) is 0 Å². The van der Waals surface area contributed by atoms with Gasteiger partial charge in [0.1, 0.15) is 5.82 Å². The van der Waals surface area contributed by atoms with Crippen molar-refractivity contribution in [1.82, 2.24) is 14.9 Å². The standard InChI is InChI=1S/C23H27N3/c1-2-8-17(9-3-1)18-14-15-26(22-13-7-4-10-19(18)22)16-23-24-20-11-5-6-12-21(20)25-23/h1-3,5-6,8-9,11-12,18-19,22H,4,7,10,13-16H2,(H,24,25)/t18-,19-,22-/m1/s1. The number of imidazole rings is 1. The number of likely N-dealkylation sites (tertiary alicyclic amines) is 1. The molecule has 3 heteroatoms. The van der Waals surface area contributed by atoms with E-state index in [9.17, 15) is 0 Å². The molecular formula is C23H27N3. The molecule has 1 aliphatic carbocycles. The second kappa shape index (κ2) is 6.88. The Kier molecular flexibility index (Phi) is 4.25. The Morgan fingerprint density at radius 3 is 2.62 bits per heavy atom. The summed E-state index contributed by atoms with van der Waals surface area (Å²) in [7, 11) is 0. The summed E-state index contributed by atoms with van der Waals surface area (Å²) >= 11 is 0. The lowest BCUT2D eigenvalue weighted by Gasteiger charge is -2.48. The fraction of sp³-hybridized carbons (Fsp3) is 0.435. The van der Waals surface area contributed by atoms with E-state index in [4.69, 9.17) is 4.98 Å². The van der Waals surface area contributed by atoms with E-state index in [0.29, 0.717) is 6.04 Å². The summed E-state index contributed by atoms with van der Waals surface area (Å²) in [5.74, 6) is 2.64. The fourth-order valence-corrected chi connectivity index (χ4v) is 5.33. The minimum atomic E-state index is 0.705. The normalized spacial score (nSPS) is 26.7. The molecule has 3 nitrogen and oxygen atoms in total. The van der Waals surface area contributed by atoms with Crippen LogP contribution in [0, 0.1) is 5.92 Å². The minimum Gasteiger partial charge on any atom is -0.341 e. The number of nitrogens with one attached hydrogen (secondary N) is 1. The van der Waals surface area contributed by atoms with Gasteiger partial charge in [-0.05, 0) is 55.3 Å². The predicted molar refractivity (Wildman–Crippen MR) is 106 cm³/mol. The molecule has 0 spiro atoms. The van der Waals surface area contributed by atoms with Gasteiger partial charge in [-0.15, -0.1) is 0 Å². The highest BCUT2D eigenvalue weighted by Crippen LogP contribution is 2.44. The van der Waals surface area contributed by atoms with Crippen LogP contribution in [0.3, 0.4) is 0 Å². The lowest BCUT2D eigenvalue weighted by atomic mass is 9.69. The van der Waals surface area contributed by atoms with Crippen LogP contribution in [0.5, 0.6) is 0 Å². The molecule has 26 heavy (non-hydrogen) atoms. The first-order valence-electron chi connectivity index (χ1n) is 10.1. The van der Waals surface area contributed by atoms with Gasteiger partial charge in [0.25, 0.3) is 0 Å². The maximum atomic E-state index is 4.82. The van der Waals surface area contributed by atoms with E-state index in [1.54, 1.807) is 5.56 Å². The fourth-order valence-electron chi connectivity index (χ4n) is 5.33. The zero-order chi connectivity index (χ0) is 17.3. The van der Waals surface area contributed by atoms with Gasteiger partial charge in [-0.25, -0.2) is 4.98 Å². The Labute approximate surface area is 155 Å². The number of H-pyrrole nitrogens is 1. The number of aromatic amines is 1. The van der Waals surface area contributed by atoms with Crippen molar-refractivity contribution in [3.05, 3.63) is 66.0 Å². The number of aromatic nitrogens is 2. The SMILES string of the molecule is c1ccc([C@H]2CCN(Cc3nc4ccccc4[nH]3)[C@@H]3CCCC[C@H]23)cc1. The number of nitrogens with zero attached hydrogens (tertiary/aromatic N) is 2. The molecule has 5 rings (SSSR count). The largest absolute Gasteiger partial charge is 0.341 e. The molecular weight excluding hydrogens is 318 g/mol. The highest BCUT2D eigenvalue weighted by atomic mass is 15.2. The molecule has 1 aromatic heterocycles. The van der Waals surface area contributed by atoms with Crippen molar-refractivity contribution in [3.63, 3.8) is 0 Å². The van der Waals surface area contributed by atoms with Crippen LogP contribution in [0.1, 0.15) is 49.4 Å². The van der Waals surface area contributed by atoms with Gasteiger partial charge in [0, 0.05) is 6.04 Å². The van der Waals surface area contributed by atoms with E-state index in [0.717, 1.165) is 35.2 Å². The van der Waals surface area contributed by atoms with Gasteiger partial charge in [0.15, 0.2) is 0 Å². The number of rotatable bonds is 3. The zero-order valence-electron chi connectivity index (χ0n) is 15.3. The molecule has 2 aliphatic rings. The average Bonchev–Trinajstić information content (AvgIpc) is 3.11. The summed E-state index contributed by atoms with van der Waals surface area (Å²) < 4.78 is 0. The van der Waals surface area contributed by atoms with E-state index in [-0.39, 0.29) is 0 Å². The molecule has 1 saturated carbocycles. The summed E-state index contributed by atoms with van der Waals surface area (Å²) in [4.78, 5) is 11.1. The first kappa shape index (κ1) is 16.1. The van der Waals surface area contributed by atoms with E-state index in [1.165, 1.54) is 38.6 Å². The summed E-state index contributed by atoms with van der Waals surface area (Å²) in [6.45, 7) is 2.13. The third-order valence-electron chi connectivity index (χ3n) is 6.51. The van der Waals surface area contributed by atoms with Crippen molar-refractivity contribution < 1.29 is 0 Å². The second-order valence-corrected chi connectivity index (χ2v) is 7.99. The maximum Gasteiger partial charge on any atom is 0.121 e. The van der Waals surface area contributed by atoms with Crippen molar-refractivity contribution in [2.75, 3.05) is 6.54 Å². The first-order valence-corrected chi connectivity index (χ1v) is 10.1. The Bertz CT molecular complexity index is 836. The van der Waals surface area contributed by atoms with Gasteiger partial charge in [0.05, 0.1) is 17.6 Å². The van der Waals surface area contributed by atoms with Crippen LogP contribution in [-0.4, -0.2) is 27.5 Å². The van der Waals surface area contributed by atoms with Gasteiger partial charge in [-0.3, -0.25) is 4.90 Å². The molecule has 1 aliphatic heterocycles. The molecule has 1 N–H and O–H groups in total. The Morgan fingerprint density at radius 2 is 1.73 bits per heavy atom. The minimum absolute atomic E-state index is 0.705. The van der Waals surface area contributed by atoms with Crippen molar-refractivity contribution in [1.29, 1.82) is 0 Å². The lowest BCUT2D eigenvalue weighted by molar-refractivity contribution is 0.0373. The molecule has 0 amide bonds. The number of fused-ring (bicyclic) bond motifs is 2. The smallest absolute Gasteiger partial charge is 0.121 e. The molecule has 134 valence electrons. The van der Waals surface area contributed by atoms with Crippen molar-refractivity contribution in [2.45, 2.75) is 50.6 Å². The van der Waals surface area contributed by atoms with Crippen LogP contribution < -0.4 is 0 Å². The second-order valence-electron chi connectivity index (χ2n) is 7.99. The summed E-state index contributed by atoms with van der Waals surface area (Å²) in [5.41, 5.74) is 3.79.